The Morgan fingerprint density at radius 3 is 2.62 bits per heavy atom. The largest absolute Gasteiger partial charge is 0.480 e. The second kappa shape index (κ2) is 6.15. The first-order chi connectivity index (χ1) is 11.6. The minimum Gasteiger partial charge on any atom is -0.480 e. The highest BCUT2D eigenvalue weighted by molar-refractivity contribution is 7.07. The summed E-state index contributed by atoms with van der Waals surface area (Å²) in [6, 6.07) is 1.68. The van der Waals surface area contributed by atoms with Crippen molar-refractivity contribution in [2.24, 2.45) is 11.3 Å². The highest BCUT2D eigenvalue weighted by Crippen LogP contribution is 2.45. The van der Waals surface area contributed by atoms with E-state index in [0.717, 1.165) is 51.7 Å². The Labute approximate surface area is 146 Å². The minimum atomic E-state index is -0.710. The van der Waals surface area contributed by atoms with Crippen LogP contribution in [0.5, 0.6) is 0 Å². The van der Waals surface area contributed by atoms with Crippen molar-refractivity contribution < 1.29 is 14.7 Å². The number of rotatable bonds is 4. The third-order valence-electron chi connectivity index (χ3n) is 5.92. The highest BCUT2D eigenvalue weighted by Gasteiger charge is 2.49. The van der Waals surface area contributed by atoms with Gasteiger partial charge in [0.05, 0.1) is 0 Å². The summed E-state index contributed by atoms with van der Waals surface area (Å²) >= 11 is 1.65. The molecule has 1 aromatic rings. The zero-order valence-electron chi connectivity index (χ0n) is 13.8. The Hall–Kier alpha value is -1.40. The lowest BCUT2D eigenvalue weighted by molar-refractivity contribution is -0.142. The zero-order chi connectivity index (χ0) is 16.7. The predicted molar refractivity (Wildman–Crippen MR) is 91.7 cm³/mol. The fraction of sp³-hybridized carbons (Fsp3) is 0.667. The molecule has 130 valence electrons. The number of amides is 1. The Balaban J connectivity index is 1.42. The van der Waals surface area contributed by atoms with Crippen molar-refractivity contribution in [2.75, 3.05) is 19.6 Å². The van der Waals surface area contributed by atoms with Crippen molar-refractivity contribution in [3.8, 4) is 0 Å². The first-order valence-corrected chi connectivity index (χ1v) is 9.77. The first-order valence-electron chi connectivity index (χ1n) is 8.83. The molecule has 1 saturated carbocycles. The van der Waals surface area contributed by atoms with Crippen molar-refractivity contribution in [3.63, 3.8) is 0 Å². The topological polar surface area (TPSA) is 60.9 Å². The molecule has 3 aliphatic rings. The molecule has 1 aliphatic carbocycles. The molecule has 1 aromatic heterocycles. The van der Waals surface area contributed by atoms with Gasteiger partial charge in [0.1, 0.15) is 6.04 Å². The summed E-state index contributed by atoms with van der Waals surface area (Å²) in [7, 11) is 0. The Bertz CT molecular complexity index is 618. The summed E-state index contributed by atoms with van der Waals surface area (Å²) in [5, 5.41) is 13.8. The van der Waals surface area contributed by atoms with E-state index < -0.39 is 12.0 Å². The van der Waals surface area contributed by atoms with Crippen molar-refractivity contribution in [3.05, 3.63) is 22.4 Å². The molecule has 0 radical (unpaired) electrons. The van der Waals surface area contributed by atoms with Gasteiger partial charge in [-0.3, -0.25) is 14.5 Å². The third kappa shape index (κ3) is 3.09. The van der Waals surface area contributed by atoms with Gasteiger partial charge in [-0.2, -0.15) is 11.3 Å². The first kappa shape index (κ1) is 16.1. The second-order valence-corrected chi connectivity index (χ2v) is 8.47. The van der Waals surface area contributed by atoms with Crippen LogP contribution in [0.4, 0.5) is 0 Å². The molecule has 0 bridgehead atoms. The van der Waals surface area contributed by atoms with E-state index in [0.29, 0.717) is 12.5 Å². The molecule has 5 nitrogen and oxygen atoms in total. The summed E-state index contributed by atoms with van der Waals surface area (Å²) < 4.78 is 0. The number of carbonyl (C=O) groups is 2. The molecule has 0 unspecified atom stereocenters. The predicted octanol–water partition coefficient (Wildman–Crippen LogP) is 2.43. The van der Waals surface area contributed by atoms with E-state index in [-0.39, 0.29) is 11.3 Å². The molecule has 6 heteroatoms. The zero-order valence-corrected chi connectivity index (χ0v) is 14.6. The molecular formula is C18H24N2O3S. The summed E-state index contributed by atoms with van der Waals surface area (Å²) in [6.07, 6.45) is 4.70. The molecule has 0 aromatic carbocycles. The van der Waals surface area contributed by atoms with E-state index in [9.17, 15) is 14.7 Å². The van der Waals surface area contributed by atoms with Crippen LogP contribution in [-0.4, -0.2) is 52.5 Å². The van der Waals surface area contributed by atoms with Crippen LogP contribution in [-0.2, 0) is 16.1 Å². The number of carbonyl (C=O) groups excluding carboxylic acids is 1. The Morgan fingerprint density at radius 1 is 1.29 bits per heavy atom. The average Bonchev–Trinajstić information content (AvgIpc) is 3.19. The van der Waals surface area contributed by atoms with E-state index in [1.54, 1.807) is 11.3 Å². The van der Waals surface area contributed by atoms with E-state index in [1.165, 1.54) is 5.56 Å². The van der Waals surface area contributed by atoms with Crippen LogP contribution in [0.2, 0.25) is 0 Å². The van der Waals surface area contributed by atoms with Crippen molar-refractivity contribution >= 4 is 23.2 Å². The van der Waals surface area contributed by atoms with Gasteiger partial charge >= 0.3 is 5.97 Å². The number of hydrogen-bond acceptors (Lipinski definition) is 4. The van der Waals surface area contributed by atoms with Crippen LogP contribution in [0.1, 0.15) is 37.7 Å². The third-order valence-corrected chi connectivity index (χ3v) is 6.65. The molecule has 4 rings (SSSR count). The lowest BCUT2D eigenvalue weighted by atomic mass is 9.76. The summed E-state index contributed by atoms with van der Waals surface area (Å²) in [5.74, 6) is -0.101. The van der Waals surface area contributed by atoms with Gasteiger partial charge in [-0.1, -0.05) is 0 Å². The van der Waals surface area contributed by atoms with Crippen molar-refractivity contribution in [1.29, 1.82) is 0 Å². The van der Waals surface area contributed by atoms with Crippen LogP contribution in [0.25, 0.3) is 0 Å². The van der Waals surface area contributed by atoms with Crippen LogP contribution < -0.4 is 0 Å². The number of aliphatic carboxylic acids is 1. The lowest BCUT2D eigenvalue weighted by Crippen LogP contribution is -2.44. The SMILES string of the molecule is O=C(O)[C@@H]1CC2(CCN(C(=O)C3CC3)CC2)CN1Cc1ccsc1. The van der Waals surface area contributed by atoms with Crippen LogP contribution in [0, 0.1) is 11.3 Å². The number of carboxylic acid groups (broad SMARTS) is 1. The van der Waals surface area contributed by atoms with Gasteiger partial charge in [0, 0.05) is 32.1 Å². The molecule has 1 spiro atoms. The van der Waals surface area contributed by atoms with Gasteiger partial charge in [0.15, 0.2) is 0 Å². The molecule has 1 atom stereocenters. The van der Waals surface area contributed by atoms with E-state index in [2.05, 4.69) is 16.3 Å². The number of likely N-dealkylation sites (tertiary alicyclic amines) is 2. The van der Waals surface area contributed by atoms with Crippen LogP contribution in [0.15, 0.2) is 16.8 Å². The molecule has 3 fully saturated rings. The number of hydrogen-bond donors (Lipinski definition) is 1. The standard InChI is InChI=1S/C18H24N2O3S/c21-16(14-1-2-14)19-6-4-18(5-7-19)9-15(17(22)23)20(12-18)10-13-3-8-24-11-13/h3,8,11,14-15H,1-2,4-7,9-10,12H2,(H,22,23)/t15-/m0/s1. The molecule has 2 saturated heterocycles. The maximum Gasteiger partial charge on any atom is 0.320 e. The van der Waals surface area contributed by atoms with Crippen LogP contribution >= 0.6 is 11.3 Å². The molecule has 1 N–H and O–H groups in total. The van der Waals surface area contributed by atoms with Gasteiger partial charge in [-0.15, -0.1) is 0 Å². The van der Waals surface area contributed by atoms with E-state index >= 15 is 0 Å². The fourth-order valence-corrected chi connectivity index (χ4v) is 4.98. The second-order valence-electron chi connectivity index (χ2n) is 7.69. The summed E-state index contributed by atoms with van der Waals surface area (Å²) in [5.41, 5.74) is 1.27. The normalized spacial score (nSPS) is 26.8. The Morgan fingerprint density at radius 2 is 2.04 bits per heavy atom. The monoisotopic (exact) mass is 348 g/mol. The maximum absolute atomic E-state index is 12.2. The molecular weight excluding hydrogens is 324 g/mol. The van der Waals surface area contributed by atoms with Gasteiger partial charge in [-0.25, -0.2) is 0 Å². The van der Waals surface area contributed by atoms with Crippen LogP contribution in [0.3, 0.4) is 0 Å². The average molecular weight is 348 g/mol. The summed E-state index contributed by atoms with van der Waals surface area (Å²) in [6.45, 7) is 3.15. The highest BCUT2D eigenvalue weighted by atomic mass is 32.1. The van der Waals surface area contributed by atoms with Gasteiger partial charge in [-0.05, 0) is 59.9 Å². The number of carboxylic acids is 1. The lowest BCUT2D eigenvalue weighted by Gasteiger charge is -2.39. The molecule has 2 aliphatic heterocycles. The van der Waals surface area contributed by atoms with Crippen molar-refractivity contribution in [1.82, 2.24) is 9.80 Å². The minimum absolute atomic E-state index is 0.0689. The van der Waals surface area contributed by atoms with Gasteiger partial charge in [0.2, 0.25) is 5.91 Å². The fourth-order valence-electron chi connectivity index (χ4n) is 4.32. The molecule has 24 heavy (non-hydrogen) atoms. The van der Waals surface area contributed by atoms with Gasteiger partial charge < -0.3 is 10.0 Å². The maximum atomic E-state index is 12.2. The number of nitrogens with zero attached hydrogens (tertiary/aromatic N) is 2. The smallest absolute Gasteiger partial charge is 0.320 e. The quantitative estimate of drug-likeness (QED) is 0.908. The van der Waals surface area contributed by atoms with E-state index in [4.69, 9.17) is 0 Å². The van der Waals surface area contributed by atoms with Crippen molar-refractivity contribution in [2.45, 2.75) is 44.7 Å². The van der Waals surface area contributed by atoms with E-state index in [1.807, 2.05) is 10.3 Å². The molecule has 1 amide bonds. The molecule has 3 heterocycles. The Kier molecular flexibility index (Phi) is 4.12. The summed E-state index contributed by atoms with van der Waals surface area (Å²) in [4.78, 5) is 28.1. The number of piperidine rings is 1. The van der Waals surface area contributed by atoms with Gasteiger partial charge in [0.25, 0.3) is 0 Å². The number of thiophene rings is 1.